The molecule has 29 heavy (non-hydrogen) atoms. The van der Waals surface area contributed by atoms with Gasteiger partial charge in [-0.2, -0.15) is 0 Å². The summed E-state index contributed by atoms with van der Waals surface area (Å²) in [7, 11) is 0. The van der Waals surface area contributed by atoms with Crippen LogP contribution in [0.25, 0.3) is 0 Å². The summed E-state index contributed by atoms with van der Waals surface area (Å²) in [6, 6.07) is 17.7. The minimum Gasteiger partial charge on any atom is -1.00 e. The van der Waals surface area contributed by atoms with Crippen molar-refractivity contribution < 1.29 is 56.1 Å². The molecule has 0 unspecified atom stereocenters. The first-order valence-electron chi connectivity index (χ1n) is 9.21. The number of benzene rings is 2. The van der Waals surface area contributed by atoms with Crippen molar-refractivity contribution in [2.75, 3.05) is 0 Å². The zero-order valence-electron chi connectivity index (χ0n) is 16.6. The van der Waals surface area contributed by atoms with Gasteiger partial charge in [0.15, 0.2) is 11.6 Å². The van der Waals surface area contributed by atoms with Gasteiger partial charge in [0.25, 0.3) is 0 Å². The number of carbonyl (C=O) groups is 2. The molecule has 0 bridgehead atoms. The van der Waals surface area contributed by atoms with Gasteiger partial charge in [-0.1, -0.05) is 97.8 Å². The van der Waals surface area contributed by atoms with Crippen LogP contribution >= 0.6 is 0 Å². The Kier molecular flexibility index (Phi) is 17.9. The number of halogens is 2. The third kappa shape index (κ3) is 11.4. The van der Waals surface area contributed by atoms with Crippen molar-refractivity contribution in [2.45, 2.75) is 39.0 Å². The van der Waals surface area contributed by atoms with Crippen LogP contribution in [0.15, 0.2) is 84.5 Å². The summed E-state index contributed by atoms with van der Waals surface area (Å²) >= 11 is 0. The molecule has 0 fully saturated rings. The maximum Gasteiger partial charge on any atom is 2.00 e. The van der Waals surface area contributed by atoms with Crippen LogP contribution in [0.5, 0.6) is 0 Å². The molecule has 152 valence electrons. The number of hydrogen-bond acceptors (Lipinski definition) is 2. The molecule has 0 saturated heterocycles. The Balaban J connectivity index is 0. The molecule has 0 heterocycles. The Morgan fingerprint density at radius 2 is 1.31 bits per heavy atom. The van der Waals surface area contributed by atoms with Crippen LogP contribution < -0.4 is 24.8 Å². The second-order valence-corrected chi connectivity index (χ2v) is 6.32. The Morgan fingerprint density at radius 3 is 1.69 bits per heavy atom. The van der Waals surface area contributed by atoms with Crippen molar-refractivity contribution in [2.24, 2.45) is 0 Å². The van der Waals surface area contributed by atoms with Crippen molar-refractivity contribution in [3.8, 4) is 0 Å². The summed E-state index contributed by atoms with van der Waals surface area (Å²) in [6.45, 7) is 2.24. The topological polar surface area (TPSA) is 34.1 Å². The van der Waals surface area contributed by atoms with Gasteiger partial charge in [0.05, 0.1) is 6.42 Å². The molecule has 1 aliphatic rings. The quantitative estimate of drug-likeness (QED) is 0.333. The molecular weight excluding hydrogens is 439 g/mol. The molecule has 0 spiro atoms. The fraction of sp³-hybridized carbons (Fsp3) is 0.250. The van der Waals surface area contributed by atoms with Gasteiger partial charge < -0.3 is 24.8 Å². The minimum atomic E-state index is -0.139. The van der Waals surface area contributed by atoms with E-state index >= 15 is 0 Å². The summed E-state index contributed by atoms with van der Waals surface area (Å²) in [5, 5.41) is 0. The van der Waals surface area contributed by atoms with Gasteiger partial charge in [0, 0.05) is 11.1 Å². The molecule has 5 heteroatoms. The van der Waals surface area contributed by atoms with Crippen LogP contribution in [0.4, 0.5) is 0 Å². The van der Waals surface area contributed by atoms with Crippen molar-refractivity contribution in [3.05, 3.63) is 95.6 Å². The van der Waals surface area contributed by atoms with E-state index in [-0.39, 0.29) is 64.5 Å². The van der Waals surface area contributed by atoms with E-state index in [4.69, 9.17) is 0 Å². The zero-order chi connectivity index (χ0) is 18.6. The van der Waals surface area contributed by atoms with Crippen LogP contribution in [0, 0.1) is 0 Å². The first kappa shape index (κ1) is 29.8. The number of hydrogen-bond donors (Lipinski definition) is 0. The number of allylic oxidation sites excluding steroid dienone is 4. The first-order valence-corrected chi connectivity index (χ1v) is 9.21. The van der Waals surface area contributed by atoms with E-state index in [0.717, 1.165) is 0 Å². The fourth-order valence-electron chi connectivity index (χ4n) is 2.68. The molecule has 0 amide bonds. The van der Waals surface area contributed by atoms with Crippen LogP contribution in [0.1, 0.15) is 59.7 Å². The number of rotatable bonds is 7. The Morgan fingerprint density at radius 1 is 0.828 bits per heavy atom. The molecule has 2 aromatic rings. The van der Waals surface area contributed by atoms with Gasteiger partial charge >= 0.3 is 21.7 Å². The molecular formula is C24H26Cl2O2Ti. The third-order valence-electron chi connectivity index (χ3n) is 4.21. The fourth-order valence-corrected chi connectivity index (χ4v) is 2.68. The summed E-state index contributed by atoms with van der Waals surface area (Å²) in [6.07, 6.45) is 11.7. The normalized spacial score (nSPS) is 10.9. The largest absolute Gasteiger partial charge is 2.00 e. The molecule has 2 aromatic carbocycles. The van der Waals surface area contributed by atoms with Crippen LogP contribution in [0.2, 0.25) is 0 Å². The molecule has 0 saturated carbocycles. The molecule has 0 N–H and O–H groups in total. The van der Waals surface area contributed by atoms with E-state index in [0.29, 0.717) is 11.1 Å². The first-order chi connectivity index (χ1) is 12.7. The van der Waals surface area contributed by atoms with Gasteiger partial charge in [0.1, 0.15) is 0 Å². The average Bonchev–Trinajstić information content (AvgIpc) is 3.22. The molecule has 3 rings (SSSR count). The Hall–Kier alpha value is -1.45. The van der Waals surface area contributed by atoms with E-state index in [1.54, 1.807) is 54.1 Å². The predicted octanol–water partition coefficient (Wildman–Crippen LogP) is 0.211. The smallest absolute Gasteiger partial charge is 1.00 e. The molecule has 0 aliphatic heterocycles. The average molecular weight is 465 g/mol. The Labute approximate surface area is 201 Å². The van der Waals surface area contributed by atoms with Crippen molar-refractivity contribution >= 4 is 11.6 Å². The van der Waals surface area contributed by atoms with Gasteiger partial charge in [0.2, 0.25) is 0 Å². The van der Waals surface area contributed by atoms with Crippen LogP contribution in [0.3, 0.4) is 0 Å². The van der Waals surface area contributed by atoms with Crippen LogP contribution in [-0.2, 0) is 21.7 Å². The molecule has 1 aliphatic carbocycles. The number of Topliss-reactive ketones (excluding diaryl/α,β-unsaturated/α-hetero) is 2. The monoisotopic (exact) mass is 464 g/mol. The van der Waals surface area contributed by atoms with E-state index in [1.807, 2.05) is 12.1 Å². The number of ketones is 2. The predicted molar refractivity (Wildman–Crippen MR) is 108 cm³/mol. The molecule has 0 atom stereocenters. The zero-order valence-corrected chi connectivity index (χ0v) is 19.7. The number of carbonyl (C=O) groups excluding carboxylic acids is 2. The van der Waals surface area contributed by atoms with Crippen LogP contribution in [-0.4, -0.2) is 11.6 Å². The maximum absolute atomic E-state index is 11.8. The summed E-state index contributed by atoms with van der Waals surface area (Å²) in [4.78, 5) is 23.6. The van der Waals surface area contributed by atoms with E-state index in [9.17, 15) is 9.59 Å². The molecule has 2 nitrogen and oxygen atoms in total. The summed E-state index contributed by atoms with van der Waals surface area (Å²) in [5.74, 6) is -0.279. The SMILES string of the molecule is CCCCC1=CC=CC1.O=C(CC(=O)c1ccccc1)c1ccccc1.[Cl-].[Cl-].[Ti+2]. The maximum atomic E-state index is 11.8. The van der Waals surface area contributed by atoms with Gasteiger partial charge in [-0.25, -0.2) is 0 Å². The van der Waals surface area contributed by atoms with Crippen molar-refractivity contribution in [1.82, 2.24) is 0 Å². The summed E-state index contributed by atoms with van der Waals surface area (Å²) < 4.78 is 0. The second kappa shape index (κ2) is 17.4. The molecule has 0 radical (unpaired) electrons. The molecule has 0 aromatic heterocycles. The van der Waals surface area contributed by atoms with Gasteiger partial charge in [-0.15, -0.1) is 0 Å². The Bertz CT molecular complexity index is 722. The van der Waals surface area contributed by atoms with Gasteiger partial charge in [-0.05, 0) is 19.3 Å². The van der Waals surface area contributed by atoms with E-state index in [2.05, 4.69) is 25.2 Å². The van der Waals surface area contributed by atoms with E-state index in [1.165, 1.54) is 25.7 Å². The van der Waals surface area contributed by atoms with Gasteiger partial charge in [-0.3, -0.25) is 9.59 Å². The second-order valence-electron chi connectivity index (χ2n) is 6.32. The third-order valence-corrected chi connectivity index (χ3v) is 4.21. The standard InChI is InChI=1S/C15H12O2.C9H14.2ClH.Ti/c16-14(12-7-3-1-4-8-12)11-15(17)13-9-5-2-6-10-13;1-2-3-6-9-7-4-5-8-9;;;/h1-10H,11H2;4-5,7H,2-3,6,8H2,1H3;2*1H;/q;;;;+2/p-2. The summed E-state index contributed by atoms with van der Waals surface area (Å²) in [5.41, 5.74) is 2.77. The van der Waals surface area contributed by atoms with Crippen molar-refractivity contribution in [3.63, 3.8) is 0 Å². The minimum absolute atomic E-state index is 0. The van der Waals surface area contributed by atoms with Crippen molar-refractivity contribution in [1.29, 1.82) is 0 Å². The number of unbranched alkanes of at least 4 members (excludes halogenated alkanes) is 1. The van der Waals surface area contributed by atoms with E-state index < -0.39 is 0 Å².